The third-order valence-corrected chi connectivity index (χ3v) is 4.10. The molecule has 23 heavy (non-hydrogen) atoms. The Labute approximate surface area is 142 Å². The topological polar surface area (TPSA) is 56.8 Å². The summed E-state index contributed by atoms with van der Waals surface area (Å²) in [6, 6.07) is 11.0. The van der Waals surface area contributed by atoms with E-state index in [0.717, 1.165) is 15.8 Å². The van der Waals surface area contributed by atoms with Crippen LogP contribution in [0.15, 0.2) is 40.9 Å². The Morgan fingerprint density at radius 1 is 1.26 bits per heavy atom. The lowest BCUT2D eigenvalue weighted by molar-refractivity contribution is 0.0940. The number of hydrogen-bond donors (Lipinski definition) is 1. The number of methoxy groups -OCH3 is 1. The number of carbonyl (C=O) groups is 1. The Kier molecular flexibility index (Phi) is 4.71. The van der Waals surface area contributed by atoms with E-state index in [4.69, 9.17) is 14.2 Å². The van der Waals surface area contributed by atoms with Gasteiger partial charge in [0, 0.05) is 6.54 Å². The van der Waals surface area contributed by atoms with Crippen LogP contribution in [-0.2, 0) is 6.54 Å². The first-order valence-electron chi connectivity index (χ1n) is 7.18. The minimum Gasteiger partial charge on any atom is -0.496 e. The maximum atomic E-state index is 12.4. The molecule has 120 valence electrons. The summed E-state index contributed by atoms with van der Waals surface area (Å²) in [5.74, 6) is 1.67. The zero-order valence-corrected chi connectivity index (χ0v) is 14.2. The van der Waals surface area contributed by atoms with E-state index in [-0.39, 0.29) is 5.91 Å². The van der Waals surface area contributed by atoms with Crippen molar-refractivity contribution in [3.05, 3.63) is 52.0 Å². The number of rotatable bonds is 4. The first-order valence-corrected chi connectivity index (χ1v) is 7.97. The van der Waals surface area contributed by atoms with Gasteiger partial charge in [0.15, 0.2) is 11.5 Å². The number of hydrogen-bond acceptors (Lipinski definition) is 4. The van der Waals surface area contributed by atoms with Crippen LogP contribution in [-0.4, -0.2) is 26.2 Å². The number of benzene rings is 2. The van der Waals surface area contributed by atoms with Gasteiger partial charge in [-0.15, -0.1) is 0 Å². The van der Waals surface area contributed by atoms with E-state index in [9.17, 15) is 4.79 Å². The molecule has 1 amide bonds. The van der Waals surface area contributed by atoms with Crippen molar-refractivity contribution >= 4 is 21.8 Å². The molecule has 0 atom stereocenters. The van der Waals surface area contributed by atoms with E-state index < -0.39 is 0 Å². The average Bonchev–Trinajstić information content (AvgIpc) is 2.59. The van der Waals surface area contributed by atoms with Crippen molar-refractivity contribution in [2.75, 3.05) is 20.3 Å². The lowest BCUT2D eigenvalue weighted by Gasteiger charge is -2.20. The molecule has 1 aliphatic heterocycles. The van der Waals surface area contributed by atoms with Crippen LogP contribution in [0.5, 0.6) is 17.2 Å². The zero-order valence-electron chi connectivity index (χ0n) is 12.6. The lowest BCUT2D eigenvalue weighted by atomic mass is 10.1. The van der Waals surface area contributed by atoms with Crippen LogP contribution >= 0.6 is 15.9 Å². The van der Waals surface area contributed by atoms with E-state index in [0.29, 0.717) is 36.8 Å². The van der Waals surface area contributed by atoms with Crippen molar-refractivity contribution < 1.29 is 19.0 Å². The third kappa shape index (κ3) is 3.42. The van der Waals surface area contributed by atoms with Gasteiger partial charge in [0.1, 0.15) is 19.0 Å². The predicted octanol–water partition coefficient (Wildman–Crippen LogP) is 3.16. The highest BCUT2D eigenvalue weighted by atomic mass is 79.9. The summed E-state index contributed by atoms with van der Waals surface area (Å²) >= 11 is 3.43. The van der Waals surface area contributed by atoms with Crippen LogP contribution in [0.4, 0.5) is 0 Å². The second-order valence-electron chi connectivity index (χ2n) is 4.98. The molecular formula is C17H16BrNO4. The first-order chi connectivity index (χ1) is 11.2. The number of carbonyl (C=O) groups excluding carboxylic acids is 1. The van der Waals surface area contributed by atoms with Gasteiger partial charge >= 0.3 is 0 Å². The molecule has 0 unspecified atom stereocenters. The number of fused-ring (bicyclic) bond motifs is 1. The van der Waals surface area contributed by atoms with E-state index in [1.807, 2.05) is 18.2 Å². The summed E-state index contributed by atoms with van der Waals surface area (Å²) in [6.45, 7) is 1.35. The molecule has 0 aromatic heterocycles. The SMILES string of the molecule is COc1ccc(CNC(=O)c2cccc3c2OCCO3)cc1Br. The van der Waals surface area contributed by atoms with Gasteiger partial charge in [0.2, 0.25) is 0 Å². The molecule has 0 fully saturated rings. The minimum atomic E-state index is -0.195. The second-order valence-corrected chi connectivity index (χ2v) is 5.84. The summed E-state index contributed by atoms with van der Waals surface area (Å²) < 4.78 is 17.1. The Morgan fingerprint density at radius 2 is 2.09 bits per heavy atom. The van der Waals surface area contributed by atoms with E-state index in [1.165, 1.54) is 0 Å². The van der Waals surface area contributed by atoms with Gasteiger partial charge in [0.25, 0.3) is 5.91 Å². The standard InChI is InChI=1S/C17H16BrNO4/c1-21-14-6-5-11(9-13(14)18)10-19-17(20)12-3-2-4-15-16(12)23-8-7-22-15/h2-6,9H,7-8,10H2,1H3,(H,19,20). The Morgan fingerprint density at radius 3 is 2.87 bits per heavy atom. The molecule has 5 nitrogen and oxygen atoms in total. The molecule has 1 N–H and O–H groups in total. The fourth-order valence-corrected chi connectivity index (χ4v) is 2.94. The second kappa shape index (κ2) is 6.91. The van der Waals surface area contributed by atoms with Crippen LogP contribution in [0.3, 0.4) is 0 Å². The summed E-state index contributed by atoms with van der Waals surface area (Å²) in [5.41, 5.74) is 1.45. The van der Waals surface area contributed by atoms with Crippen molar-refractivity contribution in [2.24, 2.45) is 0 Å². The number of ether oxygens (including phenoxy) is 3. The van der Waals surface area contributed by atoms with Crippen LogP contribution in [0.25, 0.3) is 0 Å². The maximum absolute atomic E-state index is 12.4. The minimum absolute atomic E-state index is 0.195. The molecule has 0 saturated heterocycles. The van der Waals surface area contributed by atoms with Gasteiger partial charge in [-0.05, 0) is 45.8 Å². The average molecular weight is 378 g/mol. The third-order valence-electron chi connectivity index (χ3n) is 3.48. The van der Waals surface area contributed by atoms with Crippen LogP contribution < -0.4 is 19.5 Å². The van der Waals surface area contributed by atoms with E-state index >= 15 is 0 Å². The molecule has 0 bridgehead atoms. The smallest absolute Gasteiger partial charge is 0.255 e. The summed E-state index contributed by atoms with van der Waals surface area (Å²) in [7, 11) is 1.61. The number of amides is 1. The van der Waals surface area contributed by atoms with E-state index in [2.05, 4.69) is 21.2 Å². The van der Waals surface area contributed by atoms with E-state index in [1.54, 1.807) is 25.3 Å². The van der Waals surface area contributed by atoms with Gasteiger partial charge in [-0.3, -0.25) is 4.79 Å². The molecule has 2 aromatic carbocycles. The highest BCUT2D eigenvalue weighted by molar-refractivity contribution is 9.10. The molecule has 1 heterocycles. The van der Waals surface area contributed by atoms with Crippen molar-refractivity contribution in [3.8, 4) is 17.2 Å². The predicted molar refractivity (Wildman–Crippen MR) is 89.3 cm³/mol. The van der Waals surface area contributed by atoms with Crippen LogP contribution in [0.2, 0.25) is 0 Å². The normalized spacial score (nSPS) is 12.6. The zero-order chi connectivity index (χ0) is 16.2. The highest BCUT2D eigenvalue weighted by Gasteiger charge is 2.20. The molecule has 1 aliphatic rings. The lowest BCUT2D eigenvalue weighted by Crippen LogP contribution is -2.25. The molecule has 0 radical (unpaired) electrons. The molecule has 0 saturated carbocycles. The van der Waals surface area contributed by atoms with Crippen LogP contribution in [0, 0.1) is 0 Å². The molecule has 0 aliphatic carbocycles. The first kappa shape index (κ1) is 15.7. The van der Waals surface area contributed by atoms with Crippen molar-refractivity contribution in [2.45, 2.75) is 6.54 Å². The highest BCUT2D eigenvalue weighted by Crippen LogP contribution is 2.33. The molecule has 3 rings (SSSR count). The van der Waals surface area contributed by atoms with Gasteiger partial charge in [0.05, 0.1) is 17.1 Å². The van der Waals surface area contributed by atoms with Crippen LogP contribution in [0.1, 0.15) is 15.9 Å². The number of para-hydroxylation sites is 1. The fourth-order valence-electron chi connectivity index (χ4n) is 2.35. The molecule has 2 aromatic rings. The monoisotopic (exact) mass is 377 g/mol. The van der Waals surface area contributed by atoms with Crippen molar-refractivity contribution in [1.82, 2.24) is 5.32 Å². The van der Waals surface area contributed by atoms with Gasteiger partial charge in [-0.2, -0.15) is 0 Å². The summed E-state index contributed by atoms with van der Waals surface area (Å²) in [6.07, 6.45) is 0. The quantitative estimate of drug-likeness (QED) is 0.888. The number of nitrogens with one attached hydrogen (secondary N) is 1. The van der Waals surface area contributed by atoms with Crippen molar-refractivity contribution in [3.63, 3.8) is 0 Å². The maximum Gasteiger partial charge on any atom is 0.255 e. The van der Waals surface area contributed by atoms with Gasteiger partial charge in [-0.25, -0.2) is 0 Å². The Balaban J connectivity index is 1.72. The largest absolute Gasteiger partial charge is 0.496 e. The molecular weight excluding hydrogens is 362 g/mol. The molecule has 0 spiro atoms. The summed E-state index contributed by atoms with van der Waals surface area (Å²) in [5, 5.41) is 2.89. The fraction of sp³-hybridized carbons (Fsp3) is 0.235. The summed E-state index contributed by atoms with van der Waals surface area (Å²) in [4.78, 5) is 12.4. The van der Waals surface area contributed by atoms with Crippen molar-refractivity contribution in [1.29, 1.82) is 0 Å². The Hall–Kier alpha value is -2.21. The van der Waals surface area contributed by atoms with Gasteiger partial charge in [-0.1, -0.05) is 12.1 Å². The van der Waals surface area contributed by atoms with Gasteiger partial charge < -0.3 is 19.5 Å². The number of halogens is 1. The molecule has 6 heteroatoms. The Bertz CT molecular complexity index is 733.